The maximum atomic E-state index is 12.9. The molecule has 434 valence electrons. The van der Waals surface area contributed by atoms with Gasteiger partial charge in [-0.2, -0.15) is 0 Å². The second-order valence-corrected chi connectivity index (χ2v) is 20.2. The first-order valence-corrected chi connectivity index (χ1v) is 31.3. The van der Waals surface area contributed by atoms with Crippen molar-refractivity contribution in [2.45, 2.75) is 271 Å². The van der Waals surface area contributed by atoms with Gasteiger partial charge in [-0.1, -0.05) is 256 Å². The van der Waals surface area contributed by atoms with Gasteiger partial charge in [0.2, 0.25) is 0 Å². The lowest BCUT2D eigenvalue weighted by Crippen LogP contribution is -2.30. The van der Waals surface area contributed by atoms with Crippen molar-refractivity contribution in [2.24, 2.45) is 0 Å². The summed E-state index contributed by atoms with van der Waals surface area (Å²) in [4.78, 5) is 38.3. The van der Waals surface area contributed by atoms with Crippen LogP contribution in [0.3, 0.4) is 0 Å². The lowest BCUT2D eigenvalue weighted by atomic mass is 10.0. The molecule has 0 N–H and O–H groups in total. The molecule has 0 aliphatic rings. The van der Waals surface area contributed by atoms with Gasteiger partial charge in [-0.15, -0.1) is 0 Å². The van der Waals surface area contributed by atoms with Crippen molar-refractivity contribution in [2.75, 3.05) is 13.2 Å². The molecule has 0 aliphatic heterocycles. The molecule has 1 atom stereocenters. The number of hydrogen-bond acceptors (Lipinski definition) is 6. The number of carbonyl (C=O) groups is 3. The minimum Gasteiger partial charge on any atom is -0.462 e. The third-order valence-electron chi connectivity index (χ3n) is 12.8. The first-order chi connectivity index (χ1) is 38.0. The van der Waals surface area contributed by atoms with Crippen LogP contribution in [-0.4, -0.2) is 37.2 Å². The molecular weight excluding hydrogens is 949 g/mol. The van der Waals surface area contributed by atoms with E-state index in [1.165, 1.54) is 64.2 Å². The van der Waals surface area contributed by atoms with E-state index < -0.39 is 6.10 Å². The van der Waals surface area contributed by atoms with Crippen LogP contribution in [0.15, 0.2) is 146 Å². The zero-order valence-electron chi connectivity index (χ0n) is 49.7. The molecule has 0 aromatic heterocycles. The van der Waals surface area contributed by atoms with Crippen LogP contribution >= 0.6 is 0 Å². The van der Waals surface area contributed by atoms with Crippen LogP contribution in [0.4, 0.5) is 0 Å². The topological polar surface area (TPSA) is 78.9 Å². The number of unbranched alkanes of at least 4 members (excludes halogenated alkanes) is 20. The van der Waals surface area contributed by atoms with Gasteiger partial charge in [0, 0.05) is 19.3 Å². The molecule has 0 radical (unpaired) electrons. The maximum absolute atomic E-state index is 12.9. The SMILES string of the molecule is CC/C=C\C/C=C\C/C=C\C/C=C\C/C=C\CCCCCC(=O)OC(COC(=O)CCCCCCC/C=C\C/C=C\C/C=C\CC)COC(=O)CCCCCCCCCCCCCC/C=C\C/C=C\C/C=C\C/C=C\CC. The number of rotatable bonds is 55. The molecule has 0 amide bonds. The minimum absolute atomic E-state index is 0.103. The van der Waals surface area contributed by atoms with Crippen molar-refractivity contribution in [1.82, 2.24) is 0 Å². The summed E-state index contributed by atoms with van der Waals surface area (Å²) in [7, 11) is 0. The number of carbonyl (C=O) groups excluding carboxylic acids is 3. The van der Waals surface area contributed by atoms with E-state index in [0.717, 1.165) is 161 Å². The van der Waals surface area contributed by atoms with Crippen LogP contribution in [0.5, 0.6) is 0 Å². The van der Waals surface area contributed by atoms with Crippen LogP contribution in [0.2, 0.25) is 0 Å². The first-order valence-electron chi connectivity index (χ1n) is 31.3. The van der Waals surface area contributed by atoms with Crippen LogP contribution < -0.4 is 0 Å². The van der Waals surface area contributed by atoms with E-state index in [1.54, 1.807) is 0 Å². The Balaban J connectivity index is 4.43. The standard InChI is InChI=1S/C71H114O6/c1-4-7-10-13-16-19-22-25-28-30-32-33-34-35-36-37-39-40-43-46-49-52-55-58-61-64-70(73)76-67-68(66-75-69(72)63-60-57-54-51-48-45-42-27-24-21-18-15-12-9-6-3)77-71(74)65-62-59-56-53-50-47-44-41-38-31-29-26-23-20-17-14-11-8-5-2/h7-12,16-21,25-29,32-33,38,41-42,47,50,68H,4-6,13-15,22-24,30-31,34-37,39-40,43-46,48-49,51-67H2,1-3H3/b10-7-,11-8-,12-9-,19-16-,20-17-,21-18-,28-25-,29-26-,33-32-,41-38-,42-27-,50-47-. The lowest BCUT2D eigenvalue weighted by Gasteiger charge is -2.18. The van der Waals surface area contributed by atoms with Gasteiger partial charge in [0.05, 0.1) is 0 Å². The number of ether oxygens (including phenoxy) is 3. The van der Waals surface area contributed by atoms with E-state index in [2.05, 4.69) is 167 Å². The second kappa shape index (κ2) is 63.8. The summed E-state index contributed by atoms with van der Waals surface area (Å²) in [6, 6.07) is 0. The molecule has 77 heavy (non-hydrogen) atoms. The predicted octanol–water partition coefficient (Wildman–Crippen LogP) is 21.5. The third kappa shape index (κ3) is 62.0. The van der Waals surface area contributed by atoms with Crippen molar-refractivity contribution in [3.63, 3.8) is 0 Å². The van der Waals surface area contributed by atoms with E-state index in [0.29, 0.717) is 12.8 Å². The summed E-state index contributed by atoms with van der Waals surface area (Å²) < 4.78 is 16.9. The van der Waals surface area contributed by atoms with E-state index in [9.17, 15) is 14.4 Å². The summed E-state index contributed by atoms with van der Waals surface area (Å²) >= 11 is 0. The Morgan fingerprint density at radius 1 is 0.260 bits per heavy atom. The monoisotopic (exact) mass is 1060 g/mol. The molecule has 0 aromatic carbocycles. The van der Waals surface area contributed by atoms with Gasteiger partial charge in [-0.3, -0.25) is 14.4 Å². The van der Waals surface area contributed by atoms with Gasteiger partial charge >= 0.3 is 17.9 Å². The van der Waals surface area contributed by atoms with Crippen LogP contribution in [-0.2, 0) is 28.6 Å². The predicted molar refractivity (Wildman–Crippen MR) is 334 cm³/mol. The summed E-state index contributed by atoms with van der Waals surface area (Å²) in [6.07, 6.45) is 91.3. The average Bonchev–Trinajstić information content (AvgIpc) is 3.43. The van der Waals surface area contributed by atoms with Gasteiger partial charge in [-0.05, 0) is 135 Å². The summed E-state index contributed by atoms with van der Waals surface area (Å²) in [5.74, 6) is -0.956. The fraction of sp³-hybridized carbons (Fsp3) is 0.620. The van der Waals surface area contributed by atoms with Crippen molar-refractivity contribution >= 4 is 17.9 Å². The quantitative estimate of drug-likeness (QED) is 0.0261. The molecular formula is C71H114O6. The highest BCUT2D eigenvalue weighted by Gasteiger charge is 2.19. The van der Waals surface area contributed by atoms with Crippen molar-refractivity contribution < 1.29 is 28.6 Å². The Kier molecular flexibility index (Phi) is 59.9. The van der Waals surface area contributed by atoms with Crippen LogP contribution in [0, 0.1) is 0 Å². The smallest absolute Gasteiger partial charge is 0.306 e. The fourth-order valence-corrected chi connectivity index (χ4v) is 8.24. The van der Waals surface area contributed by atoms with Gasteiger partial charge in [0.25, 0.3) is 0 Å². The zero-order chi connectivity index (χ0) is 55.7. The Morgan fingerprint density at radius 3 is 0.740 bits per heavy atom. The number of allylic oxidation sites excluding steroid dienone is 24. The van der Waals surface area contributed by atoms with E-state index in [1.807, 2.05) is 0 Å². The molecule has 0 bridgehead atoms. The molecule has 6 nitrogen and oxygen atoms in total. The second-order valence-electron chi connectivity index (χ2n) is 20.2. The van der Waals surface area contributed by atoms with Gasteiger partial charge in [-0.25, -0.2) is 0 Å². The largest absolute Gasteiger partial charge is 0.462 e. The molecule has 0 aromatic rings. The average molecular weight is 1060 g/mol. The molecule has 0 aliphatic carbocycles. The van der Waals surface area contributed by atoms with Gasteiger partial charge in [0.1, 0.15) is 13.2 Å². The highest BCUT2D eigenvalue weighted by Crippen LogP contribution is 2.15. The Hall–Kier alpha value is -4.71. The molecule has 0 spiro atoms. The summed E-state index contributed by atoms with van der Waals surface area (Å²) in [5.41, 5.74) is 0. The molecule has 0 saturated heterocycles. The highest BCUT2D eigenvalue weighted by molar-refractivity contribution is 5.71. The molecule has 0 fully saturated rings. The molecule has 1 unspecified atom stereocenters. The normalized spacial score (nSPS) is 13.1. The number of esters is 3. The molecule has 0 heterocycles. The maximum Gasteiger partial charge on any atom is 0.306 e. The van der Waals surface area contributed by atoms with E-state index >= 15 is 0 Å². The van der Waals surface area contributed by atoms with E-state index in [4.69, 9.17) is 14.2 Å². The first kappa shape index (κ1) is 72.3. The van der Waals surface area contributed by atoms with Gasteiger partial charge in [0.15, 0.2) is 6.10 Å². The van der Waals surface area contributed by atoms with Gasteiger partial charge < -0.3 is 14.2 Å². The molecule has 0 rings (SSSR count). The zero-order valence-corrected chi connectivity index (χ0v) is 49.7. The Morgan fingerprint density at radius 2 is 0.468 bits per heavy atom. The highest BCUT2D eigenvalue weighted by atomic mass is 16.6. The van der Waals surface area contributed by atoms with Crippen molar-refractivity contribution in [3.05, 3.63) is 146 Å². The summed E-state index contributed by atoms with van der Waals surface area (Å²) in [5, 5.41) is 0. The van der Waals surface area contributed by atoms with Crippen molar-refractivity contribution in [3.8, 4) is 0 Å². The third-order valence-corrected chi connectivity index (χ3v) is 12.8. The Bertz CT molecular complexity index is 1700. The molecule has 0 saturated carbocycles. The van der Waals surface area contributed by atoms with Crippen LogP contribution in [0.25, 0.3) is 0 Å². The van der Waals surface area contributed by atoms with E-state index in [-0.39, 0.29) is 37.5 Å². The molecule has 6 heteroatoms. The van der Waals surface area contributed by atoms with Crippen molar-refractivity contribution in [1.29, 1.82) is 0 Å². The Labute approximate surface area is 474 Å². The fourth-order valence-electron chi connectivity index (χ4n) is 8.24. The summed E-state index contributed by atoms with van der Waals surface area (Å²) in [6.45, 7) is 6.26. The lowest BCUT2D eigenvalue weighted by molar-refractivity contribution is -0.167. The van der Waals surface area contributed by atoms with Crippen LogP contribution in [0.1, 0.15) is 265 Å². The minimum atomic E-state index is -0.811. The number of hydrogen-bond donors (Lipinski definition) is 0.